The van der Waals surface area contributed by atoms with E-state index < -0.39 is 7.52 Å². The summed E-state index contributed by atoms with van der Waals surface area (Å²) in [4.78, 5) is 8.61. The Morgan fingerprint density at radius 3 is 2.12 bits per heavy atom. The molecule has 1 unspecified atom stereocenters. The number of hydrogen-bond donors (Lipinski definition) is 2. The van der Waals surface area contributed by atoms with E-state index in [0.29, 0.717) is 0 Å². The van der Waals surface area contributed by atoms with Crippen molar-refractivity contribution < 1.29 is 14.6 Å². The van der Waals surface area contributed by atoms with Gasteiger partial charge in [-0.15, -0.1) is 0 Å². The van der Waals surface area contributed by atoms with Crippen LogP contribution in [-0.4, -0.2) is 35.1 Å². The Balaban J connectivity index is 3.82. The fraction of sp³-hybridized carbons (Fsp3) is 1.00. The van der Waals surface area contributed by atoms with Gasteiger partial charge in [0, 0.05) is 6.66 Å². The minimum atomic E-state index is -3.17. The molecule has 0 fully saturated rings. The smallest absolute Gasteiger partial charge is 0.268 e. The Morgan fingerprint density at radius 1 is 1.75 bits per heavy atom. The summed E-state index contributed by atoms with van der Waals surface area (Å²) in [5.41, 5.74) is 0. The van der Waals surface area contributed by atoms with Crippen LogP contribution < -0.4 is 0 Å². The van der Waals surface area contributed by atoms with E-state index in [1.165, 1.54) is 13.7 Å². The predicted molar refractivity (Wildman–Crippen MR) is 30.6 cm³/mol. The topological polar surface area (TPSA) is 60.8 Å². The molecule has 0 rings (SSSR count). The fourth-order valence-corrected chi connectivity index (χ4v) is 0.352. The SMILES string of the molecule is CN(CO)P(C)(=O)O. The third-order valence-electron chi connectivity index (χ3n) is 0.838. The van der Waals surface area contributed by atoms with Crippen molar-refractivity contribution in [2.45, 2.75) is 0 Å². The maximum absolute atomic E-state index is 10.5. The molecule has 0 aliphatic carbocycles. The Bertz CT molecular complexity index is 109. The lowest BCUT2D eigenvalue weighted by atomic mass is 11.2. The van der Waals surface area contributed by atoms with Gasteiger partial charge in [0.15, 0.2) is 0 Å². The maximum Gasteiger partial charge on any atom is 0.268 e. The molecular formula is C3H10NO3P. The average molecular weight is 139 g/mol. The van der Waals surface area contributed by atoms with E-state index in [1.54, 1.807) is 0 Å². The lowest BCUT2D eigenvalue weighted by Crippen LogP contribution is -2.14. The largest absolute Gasteiger partial charge is 0.381 e. The van der Waals surface area contributed by atoms with Crippen molar-refractivity contribution in [2.24, 2.45) is 0 Å². The molecule has 0 saturated heterocycles. The summed E-state index contributed by atoms with van der Waals surface area (Å²) in [7, 11) is -1.80. The van der Waals surface area contributed by atoms with Gasteiger partial charge in [0.05, 0.1) is 0 Å². The van der Waals surface area contributed by atoms with Crippen LogP contribution >= 0.6 is 7.52 Å². The van der Waals surface area contributed by atoms with Crippen molar-refractivity contribution in [3.63, 3.8) is 0 Å². The Hall–Kier alpha value is 0.110. The summed E-state index contributed by atoms with van der Waals surface area (Å²) in [6, 6.07) is 0. The summed E-state index contributed by atoms with van der Waals surface area (Å²) >= 11 is 0. The summed E-state index contributed by atoms with van der Waals surface area (Å²) < 4.78 is 11.4. The molecular weight excluding hydrogens is 129 g/mol. The highest BCUT2D eigenvalue weighted by Gasteiger charge is 2.14. The number of hydrogen-bond acceptors (Lipinski definition) is 2. The first-order valence-corrected chi connectivity index (χ1v) is 4.17. The Labute approximate surface area is 48.2 Å². The van der Waals surface area contributed by atoms with E-state index in [-0.39, 0.29) is 6.73 Å². The first-order valence-electron chi connectivity index (χ1n) is 2.11. The summed E-state index contributed by atoms with van der Waals surface area (Å²) in [5, 5.41) is 8.26. The van der Waals surface area contributed by atoms with Crippen LogP contribution in [0.15, 0.2) is 0 Å². The molecule has 8 heavy (non-hydrogen) atoms. The van der Waals surface area contributed by atoms with Crippen LogP contribution in [0.4, 0.5) is 0 Å². The summed E-state index contributed by atoms with van der Waals surface area (Å²) in [6.45, 7) is 0.785. The third kappa shape index (κ3) is 2.43. The average Bonchev–Trinajstić information content (AvgIpc) is 1.62. The predicted octanol–water partition coefficient (Wildman–Crippen LogP) is -0.317. The van der Waals surface area contributed by atoms with Gasteiger partial charge in [0.2, 0.25) is 0 Å². The van der Waals surface area contributed by atoms with Crippen molar-refractivity contribution in [2.75, 3.05) is 20.4 Å². The quantitative estimate of drug-likeness (QED) is 0.406. The molecule has 2 N–H and O–H groups in total. The van der Waals surface area contributed by atoms with Gasteiger partial charge < -0.3 is 10.00 Å². The lowest BCUT2D eigenvalue weighted by Gasteiger charge is -2.15. The molecule has 0 amide bonds. The van der Waals surface area contributed by atoms with Crippen molar-refractivity contribution in [3.8, 4) is 0 Å². The zero-order valence-corrected chi connectivity index (χ0v) is 5.80. The number of aliphatic hydroxyl groups excluding tert-OH is 1. The van der Waals surface area contributed by atoms with Crippen LogP contribution in [-0.2, 0) is 4.57 Å². The highest BCUT2D eigenvalue weighted by Crippen LogP contribution is 2.37. The Morgan fingerprint density at radius 2 is 2.12 bits per heavy atom. The molecule has 50 valence electrons. The molecule has 0 aliphatic rings. The molecule has 0 aliphatic heterocycles. The van der Waals surface area contributed by atoms with E-state index in [2.05, 4.69) is 0 Å². The van der Waals surface area contributed by atoms with Gasteiger partial charge in [-0.2, -0.15) is 0 Å². The van der Waals surface area contributed by atoms with Crippen molar-refractivity contribution in [1.29, 1.82) is 0 Å². The standard InChI is InChI=1S/C3H10NO3P/c1-4(3-5)8(2,6)7/h5H,3H2,1-2H3,(H,6,7). The third-order valence-corrected chi connectivity index (χ3v) is 2.23. The zero-order valence-electron chi connectivity index (χ0n) is 4.90. The summed E-state index contributed by atoms with van der Waals surface area (Å²) in [6.07, 6.45) is 0. The summed E-state index contributed by atoms with van der Waals surface area (Å²) in [5.74, 6) is 0. The number of aliphatic hydroxyl groups is 1. The zero-order chi connectivity index (χ0) is 6.78. The highest BCUT2D eigenvalue weighted by atomic mass is 31.2. The van der Waals surface area contributed by atoms with E-state index in [0.717, 1.165) is 4.67 Å². The maximum atomic E-state index is 10.5. The van der Waals surface area contributed by atoms with Crippen LogP contribution in [0.1, 0.15) is 0 Å². The fourth-order valence-electron chi connectivity index (χ4n) is 0.117. The minimum absolute atomic E-state index is 0.385. The van der Waals surface area contributed by atoms with E-state index >= 15 is 0 Å². The van der Waals surface area contributed by atoms with Gasteiger partial charge in [-0.05, 0) is 7.05 Å². The van der Waals surface area contributed by atoms with Crippen LogP contribution in [0.5, 0.6) is 0 Å². The number of nitrogens with zero attached hydrogens (tertiary/aromatic N) is 1. The van der Waals surface area contributed by atoms with E-state index in [1.807, 2.05) is 0 Å². The lowest BCUT2D eigenvalue weighted by molar-refractivity contribution is 0.187. The van der Waals surface area contributed by atoms with Gasteiger partial charge in [0.1, 0.15) is 6.73 Å². The molecule has 0 spiro atoms. The first-order chi connectivity index (χ1) is 3.48. The van der Waals surface area contributed by atoms with E-state index in [4.69, 9.17) is 10.00 Å². The van der Waals surface area contributed by atoms with Crippen LogP contribution in [0.2, 0.25) is 0 Å². The van der Waals surface area contributed by atoms with Crippen molar-refractivity contribution in [3.05, 3.63) is 0 Å². The van der Waals surface area contributed by atoms with Crippen LogP contribution in [0, 0.1) is 0 Å². The van der Waals surface area contributed by atoms with Gasteiger partial charge in [0.25, 0.3) is 7.52 Å². The molecule has 0 saturated carbocycles. The van der Waals surface area contributed by atoms with Crippen molar-refractivity contribution >= 4 is 7.52 Å². The minimum Gasteiger partial charge on any atom is -0.381 e. The second kappa shape index (κ2) is 2.60. The van der Waals surface area contributed by atoms with Crippen LogP contribution in [0.25, 0.3) is 0 Å². The van der Waals surface area contributed by atoms with E-state index in [9.17, 15) is 4.57 Å². The highest BCUT2D eigenvalue weighted by molar-refractivity contribution is 7.54. The van der Waals surface area contributed by atoms with Crippen LogP contribution in [0.3, 0.4) is 0 Å². The monoisotopic (exact) mass is 139 g/mol. The second-order valence-corrected chi connectivity index (χ2v) is 3.99. The van der Waals surface area contributed by atoms with Gasteiger partial charge in [-0.1, -0.05) is 0 Å². The number of rotatable bonds is 2. The first kappa shape index (κ1) is 8.11. The molecule has 0 heterocycles. The van der Waals surface area contributed by atoms with Crippen molar-refractivity contribution in [1.82, 2.24) is 4.67 Å². The molecule has 0 bridgehead atoms. The van der Waals surface area contributed by atoms with Gasteiger partial charge in [-0.3, -0.25) is 4.57 Å². The molecule has 1 atom stereocenters. The molecule has 5 heteroatoms. The second-order valence-electron chi connectivity index (χ2n) is 1.63. The molecule has 0 aromatic rings. The molecule has 0 aromatic heterocycles. The molecule has 0 aromatic carbocycles. The molecule has 0 radical (unpaired) electrons. The van der Waals surface area contributed by atoms with Gasteiger partial charge >= 0.3 is 0 Å². The molecule has 4 nitrogen and oxygen atoms in total. The van der Waals surface area contributed by atoms with Gasteiger partial charge in [-0.25, -0.2) is 4.67 Å². The normalized spacial score (nSPS) is 18.6. The Kier molecular flexibility index (Phi) is 2.63.